The molecule has 0 fully saturated rings. The molecule has 0 aromatic heterocycles. The van der Waals surface area contributed by atoms with Gasteiger partial charge in [0.1, 0.15) is 19.3 Å². The van der Waals surface area contributed by atoms with Crippen molar-refractivity contribution < 1.29 is 80.2 Å². The summed E-state index contributed by atoms with van der Waals surface area (Å²) in [6, 6.07) is 0. The molecule has 0 heterocycles. The van der Waals surface area contributed by atoms with E-state index in [0.29, 0.717) is 25.7 Å². The van der Waals surface area contributed by atoms with Crippen molar-refractivity contribution in [1.29, 1.82) is 0 Å². The zero-order chi connectivity index (χ0) is 77.4. The van der Waals surface area contributed by atoms with E-state index in [9.17, 15) is 43.2 Å². The molecule has 0 rings (SSSR count). The molecular weight excluding hydrogens is 1380 g/mol. The Bertz CT molecular complexity index is 2680. The third kappa shape index (κ3) is 76.6. The van der Waals surface area contributed by atoms with Crippen LogP contribution in [0.4, 0.5) is 0 Å². The van der Waals surface area contributed by atoms with E-state index in [1.54, 1.807) is 0 Å². The number of phosphoric ester groups is 2. The van der Waals surface area contributed by atoms with Crippen LogP contribution < -0.4 is 0 Å². The van der Waals surface area contributed by atoms with E-state index in [4.69, 9.17) is 37.0 Å². The van der Waals surface area contributed by atoms with Gasteiger partial charge in [-0.25, -0.2) is 9.13 Å². The van der Waals surface area contributed by atoms with Crippen LogP contribution in [0.1, 0.15) is 297 Å². The van der Waals surface area contributed by atoms with Crippen LogP contribution in [0.3, 0.4) is 0 Å². The molecule has 5 unspecified atom stereocenters. The summed E-state index contributed by atoms with van der Waals surface area (Å²) in [5, 5.41) is 10.7. The topological polar surface area (TPSA) is 237 Å². The van der Waals surface area contributed by atoms with E-state index >= 15 is 0 Å². The van der Waals surface area contributed by atoms with Crippen LogP contribution in [-0.2, 0) is 65.4 Å². The summed E-state index contributed by atoms with van der Waals surface area (Å²) in [6.07, 6.45) is 91.8. The van der Waals surface area contributed by atoms with Gasteiger partial charge >= 0.3 is 39.5 Å². The highest BCUT2D eigenvalue weighted by atomic mass is 31.2. The fourth-order valence-electron chi connectivity index (χ4n) is 10.1. The Kier molecular flexibility index (Phi) is 73.5. The monoisotopic (exact) mass is 1520 g/mol. The minimum Gasteiger partial charge on any atom is -0.462 e. The minimum absolute atomic E-state index is 0.0523. The van der Waals surface area contributed by atoms with Crippen molar-refractivity contribution in [3.8, 4) is 0 Å². The Balaban J connectivity index is 5.47. The first kappa shape index (κ1) is 100. The Hall–Kier alpha value is -5.58. The number of hydrogen-bond donors (Lipinski definition) is 3. The summed E-state index contributed by atoms with van der Waals surface area (Å²) >= 11 is 0. The average molecular weight is 1520 g/mol. The van der Waals surface area contributed by atoms with Crippen molar-refractivity contribution in [3.05, 3.63) is 170 Å². The maximum absolute atomic E-state index is 13.1. The van der Waals surface area contributed by atoms with E-state index in [2.05, 4.69) is 198 Å². The molecule has 0 bridgehead atoms. The fourth-order valence-corrected chi connectivity index (χ4v) is 11.7. The normalized spacial score (nSPS) is 14.7. The van der Waals surface area contributed by atoms with Gasteiger partial charge in [0.25, 0.3) is 0 Å². The van der Waals surface area contributed by atoms with E-state index in [1.165, 1.54) is 19.3 Å². The predicted octanol–water partition coefficient (Wildman–Crippen LogP) is 23.8. The SMILES string of the molecule is CC/C=C\C/C=C\C/C=C\C/C=C\C/C=C\CCCCCC(=O)OCC(COP(=O)(O)OCC(O)COP(=O)(O)OCC(COC(=O)CCCCCCC/C=C\C/C=C\C/C=C\CC)OC(=O)CCCCCCC/C=C\C/C=C\CCCCC)OC(=O)CCCCCC/C=C\C/C=C\C/C=C\C/C=C\CC. The second-order valence-electron chi connectivity index (χ2n) is 26.2. The highest BCUT2D eigenvalue weighted by molar-refractivity contribution is 7.47. The molecule has 0 amide bonds. The summed E-state index contributed by atoms with van der Waals surface area (Å²) in [5.74, 6) is -2.28. The Morgan fingerprint density at radius 3 is 0.764 bits per heavy atom. The van der Waals surface area contributed by atoms with Crippen LogP contribution in [0, 0.1) is 0 Å². The molecule has 0 saturated heterocycles. The van der Waals surface area contributed by atoms with Gasteiger partial charge in [-0.15, -0.1) is 0 Å². The second kappa shape index (κ2) is 77.6. The van der Waals surface area contributed by atoms with Crippen molar-refractivity contribution >= 4 is 39.5 Å². The van der Waals surface area contributed by atoms with Gasteiger partial charge in [0.05, 0.1) is 26.4 Å². The maximum Gasteiger partial charge on any atom is 0.472 e. The van der Waals surface area contributed by atoms with Gasteiger partial charge in [0.2, 0.25) is 0 Å². The number of aliphatic hydroxyl groups excluding tert-OH is 1. The van der Waals surface area contributed by atoms with E-state index < -0.39 is 97.5 Å². The number of carbonyl (C=O) groups excluding carboxylic acids is 4. The number of unbranched alkanes of at least 4 members (excludes halogenated alkanes) is 20. The summed E-state index contributed by atoms with van der Waals surface area (Å²) in [5.41, 5.74) is 0. The quantitative estimate of drug-likeness (QED) is 0.0169. The van der Waals surface area contributed by atoms with Gasteiger partial charge in [-0.2, -0.15) is 0 Å². The summed E-state index contributed by atoms with van der Waals surface area (Å²) < 4.78 is 68.6. The lowest BCUT2D eigenvalue weighted by Gasteiger charge is -2.21. The number of rotatable bonds is 74. The molecule has 0 spiro atoms. The lowest BCUT2D eigenvalue weighted by Crippen LogP contribution is -2.30. The van der Waals surface area contributed by atoms with Crippen LogP contribution in [-0.4, -0.2) is 96.7 Å². The Morgan fingerprint density at radius 1 is 0.274 bits per heavy atom. The van der Waals surface area contributed by atoms with Gasteiger partial charge in [0.15, 0.2) is 12.2 Å². The average Bonchev–Trinajstić information content (AvgIpc) is 0.902. The van der Waals surface area contributed by atoms with E-state index in [0.717, 1.165) is 199 Å². The number of aliphatic hydroxyl groups is 1. The van der Waals surface area contributed by atoms with Crippen LogP contribution in [0.2, 0.25) is 0 Å². The van der Waals surface area contributed by atoms with E-state index in [1.807, 2.05) is 0 Å². The van der Waals surface area contributed by atoms with Gasteiger partial charge in [-0.05, 0) is 173 Å². The molecule has 0 aromatic carbocycles. The van der Waals surface area contributed by atoms with Crippen molar-refractivity contribution in [2.24, 2.45) is 0 Å². The Labute approximate surface area is 642 Å². The number of esters is 4. The van der Waals surface area contributed by atoms with Crippen molar-refractivity contribution in [2.45, 2.75) is 316 Å². The molecule has 0 aliphatic rings. The molecule has 0 aliphatic heterocycles. The minimum atomic E-state index is -5.00. The first-order chi connectivity index (χ1) is 51.7. The zero-order valence-corrected chi connectivity index (χ0v) is 67.6. The largest absolute Gasteiger partial charge is 0.472 e. The third-order valence-electron chi connectivity index (χ3n) is 16.2. The number of hydrogen-bond acceptors (Lipinski definition) is 15. The molecule has 17 nitrogen and oxygen atoms in total. The van der Waals surface area contributed by atoms with E-state index in [-0.39, 0.29) is 25.7 Å². The lowest BCUT2D eigenvalue weighted by molar-refractivity contribution is -0.161. The van der Waals surface area contributed by atoms with Crippen molar-refractivity contribution in [3.63, 3.8) is 0 Å². The molecule has 602 valence electrons. The fraction of sp³-hybridized carbons (Fsp3) is 0.632. The molecular formula is C87H142O17P2. The summed E-state index contributed by atoms with van der Waals surface area (Å²) in [6.45, 7) is 4.40. The van der Waals surface area contributed by atoms with Crippen LogP contribution >= 0.6 is 15.6 Å². The summed E-state index contributed by atoms with van der Waals surface area (Å²) in [4.78, 5) is 73.1. The standard InChI is InChI=1S/C87H142O17P2/c1-5-9-13-17-21-25-29-33-37-39-40-42-45-48-52-56-60-64-68-72-85(90)98-78-83(104-87(92)74-70-66-62-58-54-50-46-41-38-34-30-26-22-18-14-10-6-2)80-102-106(95,96)100-76-81(88)75-99-105(93,94)101-79-82(103-86(91)73-69-65-61-57-53-49-44-36-32-28-24-20-16-12-8-4)77-97-84(89)71-67-63-59-55-51-47-43-35-31-27-23-19-15-11-7-3/h9-11,13-15,21-28,33-38,40,42-44,46,48,50,52,81-83,88H,5-8,12,16-20,29-32,39,41,45,47,49,51,53-80H2,1-4H3,(H,93,94)(H,95,96)/b13-9-,14-10-,15-11-,25-21-,26-22-,27-23-,28-24-,37-33-,38-34-,42-40-,43-35-,44-36-,50-46-,52-48-. The molecule has 19 heteroatoms. The van der Waals surface area contributed by atoms with Gasteiger partial charge in [-0.3, -0.25) is 37.3 Å². The number of allylic oxidation sites excluding steroid dienone is 28. The van der Waals surface area contributed by atoms with Gasteiger partial charge in [-0.1, -0.05) is 268 Å². The molecule has 106 heavy (non-hydrogen) atoms. The molecule has 0 saturated carbocycles. The predicted molar refractivity (Wildman–Crippen MR) is 436 cm³/mol. The maximum atomic E-state index is 13.1. The van der Waals surface area contributed by atoms with Crippen LogP contribution in [0.25, 0.3) is 0 Å². The molecule has 3 N–H and O–H groups in total. The van der Waals surface area contributed by atoms with Gasteiger partial charge in [0, 0.05) is 25.7 Å². The van der Waals surface area contributed by atoms with Gasteiger partial charge < -0.3 is 33.8 Å². The second-order valence-corrected chi connectivity index (χ2v) is 29.1. The van der Waals surface area contributed by atoms with Crippen LogP contribution in [0.5, 0.6) is 0 Å². The molecule has 0 aliphatic carbocycles. The number of phosphoric acid groups is 2. The highest BCUT2D eigenvalue weighted by Gasteiger charge is 2.30. The third-order valence-corrected chi connectivity index (χ3v) is 18.1. The Morgan fingerprint density at radius 2 is 0.491 bits per heavy atom. The van der Waals surface area contributed by atoms with Crippen molar-refractivity contribution in [2.75, 3.05) is 39.6 Å². The first-order valence-corrected chi connectivity index (χ1v) is 43.4. The van der Waals surface area contributed by atoms with Crippen LogP contribution in [0.15, 0.2) is 170 Å². The highest BCUT2D eigenvalue weighted by Crippen LogP contribution is 2.45. The van der Waals surface area contributed by atoms with Crippen molar-refractivity contribution in [1.82, 2.24) is 0 Å². The molecule has 0 radical (unpaired) electrons. The lowest BCUT2D eigenvalue weighted by atomic mass is 10.1. The first-order valence-electron chi connectivity index (χ1n) is 40.4. The zero-order valence-electron chi connectivity index (χ0n) is 65.8. The number of ether oxygens (including phenoxy) is 4. The molecule has 5 atom stereocenters. The molecule has 0 aromatic rings. The smallest absolute Gasteiger partial charge is 0.462 e. The number of carbonyl (C=O) groups is 4. The summed E-state index contributed by atoms with van der Waals surface area (Å²) in [7, 11) is -10.0.